The van der Waals surface area contributed by atoms with E-state index < -0.39 is 11.7 Å². The number of benzene rings is 2. The van der Waals surface area contributed by atoms with E-state index in [4.69, 9.17) is 16.8 Å². The third-order valence-electron chi connectivity index (χ3n) is 4.11. The lowest BCUT2D eigenvalue weighted by Gasteiger charge is -2.05. The number of hydroxylamine groups is 1. The van der Waals surface area contributed by atoms with Crippen molar-refractivity contribution in [2.75, 3.05) is 0 Å². The maximum absolute atomic E-state index is 11.2. The first-order valence-electron chi connectivity index (χ1n) is 8.42. The lowest BCUT2D eigenvalue weighted by molar-refractivity contribution is -0.143. The fourth-order valence-corrected chi connectivity index (χ4v) is 2.78. The van der Waals surface area contributed by atoms with Gasteiger partial charge in [-0.1, -0.05) is 60.8 Å². The van der Waals surface area contributed by atoms with Crippen LogP contribution in [0.4, 0.5) is 0 Å². The molecule has 0 aromatic heterocycles. The number of rotatable bonds is 9. The highest BCUT2D eigenvalue weighted by Gasteiger charge is 2.11. The summed E-state index contributed by atoms with van der Waals surface area (Å²) >= 11 is 5.91. The van der Waals surface area contributed by atoms with Crippen LogP contribution in [0.3, 0.4) is 0 Å². The summed E-state index contributed by atoms with van der Waals surface area (Å²) in [6.45, 7) is 0. The topological polar surface area (TPSA) is 66.4 Å². The highest BCUT2D eigenvalue weighted by Crippen LogP contribution is 2.22. The molecule has 2 aromatic carbocycles. The molecular weight excluding hydrogens is 338 g/mol. The Morgan fingerprint density at radius 3 is 2.00 bits per heavy atom. The van der Waals surface area contributed by atoms with Crippen LogP contribution in [0.2, 0.25) is 5.02 Å². The average Bonchev–Trinajstić information content (AvgIpc) is 2.65. The molecule has 25 heavy (non-hydrogen) atoms. The molecule has 132 valence electrons. The second-order valence-corrected chi connectivity index (χ2v) is 6.42. The monoisotopic (exact) mass is 359 g/mol. The number of nitrogens with one attached hydrogen (secondary N) is 1. The molecule has 0 heterocycles. The smallest absolute Gasteiger partial charge is 0.289 e. The predicted octanol–water partition coefficient (Wildman–Crippen LogP) is 4.57. The highest BCUT2D eigenvalue weighted by molar-refractivity contribution is 6.35. The van der Waals surface area contributed by atoms with Gasteiger partial charge in [0.05, 0.1) is 0 Å². The van der Waals surface area contributed by atoms with Crippen LogP contribution in [-0.2, 0) is 16.0 Å². The second kappa shape index (κ2) is 9.97. The molecule has 0 aliphatic carbocycles. The summed E-state index contributed by atoms with van der Waals surface area (Å²) in [5, 5.41) is 9.09. The molecule has 5 heteroatoms. The molecule has 0 fully saturated rings. The van der Waals surface area contributed by atoms with Crippen molar-refractivity contribution in [1.29, 1.82) is 0 Å². The van der Waals surface area contributed by atoms with Gasteiger partial charge in [0.15, 0.2) is 0 Å². The zero-order chi connectivity index (χ0) is 18.1. The average molecular weight is 360 g/mol. The van der Waals surface area contributed by atoms with E-state index in [-0.39, 0.29) is 6.42 Å². The SMILES string of the molecule is O=C(CCCCCCc1ccc(-c2ccc(Cl)cc2)cc1)C(=O)NO. The van der Waals surface area contributed by atoms with Crippen LogP contribution in [0, 0.1) is 0 Å². The lowest BCUT2D eigenvalue weighted by atomic mass is 10.0. The van der Waals surface area contributed by atoms with Crippen LogP contribution >= 0.6 is 11.6 Å². The predicted molar refractivity (Wildman–Crippen MR) is 98.6 cm³/mol. The van der Waals surface area contributed by atoms with Crippen LogP contribution in [0.5, 0.6) is 0 Å². The fraction of sp³-hybridized carbons (Fsp3) is 0.300. The number of carbonyl (C=O) groups excluding carboxylic acids is 2. The van der Waals surface area contributed by atoms with Gasteiger partial charge in [-0.3, -0.25) is 14.8 Å². The van der Waals surface area contributed by atoms with Crippen LogP contribution in [-0.4, -0.2) is 16.9 Å². The highest BCUT2D eigenvalue weighted by atomic mass is 35.5. The fourth-order valence-electron chi connectivity index (χ4n) is 2.65. The van der Waals surface area contributed by atoms with Gasteiger partial charge in [0, 0.05) is 11.4 Å². The lowest BCUT2D eigenvalue weighted by Crippen LogP contribution is -2.27. The normalized spacial score (nSPS) is 10.5. The molecule has 0 bridgehead atoms. The Bertz CT molecular complexity index is 696. The van der Waals surface area contributed by atoms with Crippen molar-refractivity contribution in [3.63, 3.8) is 0 Å². The standard InChI is InChI=1S/C20H22ClNO3/c21-18-13-11-17(12-14-18)16-9-7-15(8-10-16)5-3-1-2-4-6-19(23)20(24)22-25/h7-14,25H,1-6H2,(H,22,24). The maximum atomic E-state index is 11.2. The van der Waals surface area contributed by atoms with Crippen LogP contribution in [0.15, 0.2) is 48.5 Å². The third-order valence-corrected chi connectivity index (χ3v) is 4.36. The summed E-state index contributed by atoms with van der Waals surface area (Å²) in [6.07, 6.45) is 4.79. The second-order valence-electron chi connectivity index (χ2n) is 5.98. The van der Waals surface area contributed by atoms with Crippen molar-refractivity contribution in [3.05, 3.63) is 59.1 Å². The molecule has 0 atom stereocenters. The van der Waals surface area contributed by atoms with E-state index in [0.29, 0.717) is 6.42 Å². The van der Waals surface area contributed by atoms with E-state index in [0.717, 1.165) is 36.3 Å². The van der Waals surface area contributed by atoms with Gasteiger partial charge in [-0.05, 0) is 48.1 Å². The Morgan fingerprint density at radius 1 is 0.840 bits per heavy atom. The first-order chi connectivity index (χ1) is 12.1. The van der Waals surface area contributed by atoms with Gasteiger partial charge in [-0.2, -0.15) is 0 Å². The number of hydrogen-bond acceptors (Lipinski definition) is 3. The number of ketones is 1. The van der Waals surface area contributed by atoms with Crippen molar-refractivity contribution < 1.29 is 14.8 Å². The van der Waals surface area contributed by atoms with Gasteiger partial charge in [0.25, 0.3) is 0 Å². The molecule has 2 rings (SSSR count). The van der Waals surface area contributed by atoms with Crippen molar-refractivity contribution in [3.8, 4) is 11.1 Å². The molecule has 1 amide bonds. The van der Waals surface area contributed by atoms with Crippen LogP contribution < -0.4 is 5.48 Å². The Kier molecular flexibility index (Phi) is 7.64. The van der Waals surface area contributed by atoms with Gasteiger partial charge in [0.1, 0.15) is 0 Å². The van der Waals surface area contributed by atoms with Crippen molar-refractivity contribution in [2.45, 2.75) is 38.5 Å². The minimum atomic E-state index is -0.930. The van der Waals surface area contributed by atoms with Gasteiger partial charge in [0.2, 0.25) is 5.78 Å². The Balaban J connectivity index is 1.69. The summed E-state index contributed by atoms with van der Waals surface area (Å²) in [6, 6.07) is 16.3. The maximum Gasteiger partial charge on any atom is 0.310 e. The van der Waals surface area contributed by atoms with E-state index in [9.17, 15) is 9.59 Å². The number of hydrogen-bond donors (Lipinski definition) is 2. The molecule has 0 unspecified atom stereocenters. The number of Topliss-reactive ketones (excluding diaryl/α,β-unsaturated/α-hetero) is 1. The number of aryl methyl sites for hydroxylation is 1. The molecule has 4 nitrogen and oxygen atoms in total. The van der Waals surface area contributed by atoms with Crippen LogP contribution in [0.1, 0.15) is 37.7 Å². The summed E-state index contributed by atoms with van der Waals surface area (Å²) in [4.78, 5) is 22.1. The minimum absolute atomic E-state index is 0.183. The molecule has 2 aromatic rings. The van der Waals surface area contributed by atoms with E-state index in [1.165, 1.54) is 16.6 Å². The quantitative estimate of drug-likeness (QED) is 0.298. The minimum Gasteiger partial charge on any atom is -0.289 e. The Hall–Kier alpha value is -2.17. The van der Waals surface area contributed by atoms with Gasteiger partial charge < -0.3 is 0 Å². The molecular formula is C20H22ClNO3. The number of halogens is 1. The number of unbranched alkanes of at least 4 members (excludes halogenated alkanes) is 3. The molecule has 2 N–H and O–H groups in total. The summed E-state index contributed by atoms with van der Waals surface area (Å²) in [5.74, 6) is -1.50. The van der Waals surface area contributed by atoms with E-state index in [2.05, 4.69) is 24.3 Å². The van der Waals surface area contributed by atoms with Gasteiger partial charge in [-0.25, -0.2) is 5.48 Å². The molecule has 0 aliphatic rings. The van der Waals surface area contributed by atoms with Crippen LogP contribution in [0.25, 0.3) is 11.1 Å². The van der Waals surface area contributed by atoms with E-state index >= 15 is 0 Å². The third kappa shape index (κ3) is 6.33. The zero-order valence-corrected chi connectivity index (χ0v) is 14.8. The summed E-state index contributed by atoms with van der Waals surface area (Å²) in [7, 11) is 0. The molecule has 0 aliphatic heterocycles. The van der Waals surface area contributed by atoms with E-state index in [1.807, 2.05) is 24.3 Å². The largest absolute Gasteiger partial charge is 0.310 e. The molecule has 0 spiro atoms. The Labute approximate surface area is 152 Å². The summed E-state index contributed by atoms with van der Waals surface area (Å²) in [5.41, 5.74) is 4.96. The van der Waals surface area contributed by atoms with Crippen molar-refractivity contribution in [2.24, 2.45) is 0 Å². The van der Waals surface area contributed by atoms with Gasteiger partial charge in [-0.15, -0.1) is 0 Å². The molecule has 0 saturated heterocycles. The number of carbonyl (C=O) groups is 2. The van der Waals surface area contributed by atoms with Crippen molar-refractivity contribution >= 4 is 23.3 Å². The van der Waals surface area contributed by atoms with E-state index in [1.54, 1.807) is 0 Å². The first-order valence-corrected chi connectivity index (χ1v) is 8.80. The summed E-state index contributed by atoms with van der Waals surface area (Å²) < 4.78 is 0. The van der Waals surface area contributed by atoms with Crippen molar-refractivity contribution in [1.82, 2.24) is 5.48 Å². The molecule has 0 saturated carbocycles. The number of amides is 1. The zero-order valence-electron chi connectivity index (χ0n) is 14.0. The molecule has 0 radical (unpaired) electrons. The Morgan fingerprint density at radius 2 is 1.40 bits per heavy atom. The van der Waals surface area contributed by atoms with Gasteiger partial charge >= 0.3 is 5.91 Å². The first kappa shape index (κ1) is 19.2.